The Hall–Kier alpha value is -2.00. The molecule has 9 heteroatoms. The highest BCUT2D eigenvalue weighted by Crippen LogP contribution is 2.39. The predicted molar refractivity (Wildman–Crippen MR) is 127 cm³/mol. The third-order valence-corrected chi connectivity index (χ3v) is 7.51. The van der Waals surface area contributed by atoms with Gasteiger partial charge in [0, 0.05) is 18.7 Å². The lowest BCUT2D eigenvalue weighted by molar-refractivity contribution is 0.229. The average molecular weight is 459 g/mol. The minimum atomic E-state index is 0.232. The molecule has 4 N–H and O–H groups in total. The third kappa shape index (κ3) is 4.62. The highest BCUT2D eigenvalue weighted by atomic mass is 35.5. The molecule has 2 fully saturated rings. The molecule has 2 unspecified atom stereocenters. The molecule has 31 heavy (non-hydrogen) atoms. The highest BCUT2D eigenvalue weighted by molar-refractivity contribution is 7.21. The smallest absolute Gasteiger partial charge is 0.226 e. The molecule has 0 spiro atoms. The first-order valence-electron chi connectivity index (χ1n) is 11.0. The van der Waals surface area contributed by atoms with Gasteiger partial charge in [0.25, 0.3) is 0 Å². The number of halogens is 1. The number of benzene rings is 1. The molecule has 2 aromatic heterocycles. The largest absolute Gasteiger partial charge is 0.396 e. The molecule has 1 saturated heterocycles. The summed E-state index contributed by atoms with van der Waals surface area (Å²) in [4.78, 5) is 14.2. The molecule has 1 aliphatic carbocycles. The van der Waals surface area contributed by atoms with Crippen molar-refractivity contribution in [2.45, 2.75) is 44.2 Å². The van der Waals surface area contributed by atoms with Crippen molar-refractivity contribution in [2.75, 3.05) is 30.3 Å². The summed E-state index contributed by atoms with van der Waals surface area (Å²) in [6.45, 7) is 2.21. The standard InChI is InChI=1S/C22H27ClN6OS/c23-19-18(21-27-16-3-1-2-4-17(16)31-21)20(25-15-6-5-13(11-15)12-30)29-22(28-19)26-14-7-9-24-10-8-14/h1-4,13-15,24,30H,5-12H2,(H2,25,26,28,29). The number of para-hydroxylation sites is 1. The van der Waals surface area contributed by atoms with Gasteiger partial charge in [-0.1, -0.05) is 23.7 Å². The Kier molecular flexibility index (Phi) is 6.22. The van der Waals surface area contributed by atoms with E-state index >= 15 is 0 Å². The highest BCUT2D eigenvalue weighted by Gasteiger charge is 2.27. The quantitative estimate of drug-likeness (QED) is 0.412. The zero-order valence-electron chi connectivity index (χ0n) is 17.3. The van der Waals surface area contributed by atoms with Gasteiger partial charge < -0.3 is 21.1 Å². The molecule has 2 aliphatic rings. The molecule has 0 radical (unpaired) electrons. The van der Waals surface area contributed by atoms with Gasteiger partial charge in [0.1, 0.15) is 16.0 Å². The van der Waals surface area contributed by atoms with Gasteiger partial charge in [0.15, 0.2) is 0 Å². The second-order valence-corrected chi connectivity index (χ2v) is 9.81. The van der Waals surface area contributed by atoms with Gasteiger partial charge in [-0.3, -0.25) is 0 Å². The molecule has 7 nitrogen and oxygen atoms in total. The number of hydrogen-bond donors (Lipinski definition) is 4. The maximum absolute atomic E-state index is 9.54. The predicted octanol–water partition coefficient (Wildman–Crippen LogP) is 4.14. The van der Waals surface area contributed by atoms with Crippen LogP contribution < -0.4 is 16.0 Å². The molecular weight excluding hydrogens is 432 g/mol. The van der Waals surface area contributed by atoms with Crippen LogP contribution in [-0.4, -0.2) is 51.8 Å². The van der Waals surface area contributed by atoms with Gasteiger partial charge in [0.2, 0.25) is 5.95 Å². The van der Waals surface area contributed by atoms with E-state index in [9.17, 15) is 5.11 Å². The van der Waals surface area contributed by atoms with E-state index in [0.717, 1.165) is 71.8 Å². The Balaban J connectivity index is 1.50. The minimum absolute atomic E-state index is 0.232. The monoisotopic (exact) mass is 458 g/mol. The number of rotatable bonds is 6. The van der Waals surface area contributed by atoms with Crippen LogP contribution in [0.4, 0.5) is 11.8 Å². The van der Waals surface area contributed by atoms with Crippen LogP contribution in [0.5, 0.6) is 0 Å². The van der Waals surface area contributed by atoms with Crippen LogP contribution in [-0.2, 0) is 0 Å². The van der Waals surface area contributed by atoms with Crippen molar-refractivity contribution in [3.8, 4) is 10.6 Å². The number of nitrogens with zero attached hydrogens (tertiary/aromatic N) is 3. The second-order valence-electron chi connectivity index (χ2n) is 8.42. The van der Waals surface area contributed by atoms with Crippen molar-refractivity contribution >= 4 is 44.9 Å². The summed E-state index contributed by atoms with van der Waals surface area (Å²) in [6, 6.07) is 8.66. The number of thiazole rings is 1. The molecule has 2 atom stereocenters. The van der Waals surface area contributed by atoms with Gasteiger partial charge in [-0.25, -0.2) is 9.97 Å². The van der Waals surface area contributed by atoms with E-state index in [0.29, 0.717) is 23.1 Å². The van der Waals surface area contributed by atoms with E-state index in [2.05, 4.69) is 27.0 Å². The van der Waals surface area contributed by atoms with E-state index in [1.165, 1.54) is 0 Å². The molecule has 1 saturated carbocycles. The van der Waals surface area contributed by atoms with Crippen molar-refractivity contribution < 1.29 is 5.11 Å². The van der Waals surface area contributed by atoms with E-state index < -0.39 is 0 Å². The van der Waals surface area contributed by atoms with Crippen LogP contribution in [0.25, 0.3) is 20.8 Å². The topological polar surface area (TPSA) is 95.0 Å². The first-order chi connectivity index (χ1) is 15.2. The van der Waals surface area contributed by atoms with Crippen molar-refractivity contribution in [3.63, 3.8) is 0 Å². The Morgan fingerprint density at radius 2 is 1.87 bits per heavy atom. The van der Waals surface area contributed by atoms with Crippen LogP contribution in [0.3, 0.4) is 0 Å². The molecule has 1 aliphatic heterocycles. The number of aliphatic hydroxyl groups is 1. The Labute approximate surface area is 190 Å². The SMILES string of the molecule is OCC1CCC(Nc2nc(NC3CCNCC3)nc(Cl)c2-c2nc3ccccc3s2)C1. The fraction of sp³-hybridized carbons (Fsp3) is 0.500. The summed E-state index contributed by atoms with van der Waals surface area (Å²) < 4.78 is 1.11. The number of fused-ring (bicyclic) bond motifs is 1. The maximum atomic E-state index is 9.54. The van der Waals surface area contributed by atoms with Gasteiger partial charge in [-0.2, -0.15) is 4.98 Å². The summed E-state index contributed by atoms with van der Waals surface area (Å²) >= 11 is 8.34. The lowest BCUT2D eigenvalue weighted by Crippen LogP contribution is -2.35. The normalized spacial score (nSPS) is 22.1. The van der Waals surface area contributed by atoms with Crippen LogP contribution in [0.2, 0.25) is 5.15 Å². The third-order valence-electron chi connectivity index (χ3n) is 6.19. The zero-order valence-corrected chi connectivity index (χ0v) is 18.8. The van der Waals surface area contributed by atoms with Gasteiger partial charge in [-0.05, 0) is 63.2 Å². The average Bonchev–Trinajstić information content (AvgIpc) is 3.40. The molecule has 0 amide bonds. The van der Waals surface area contributed by atoms with Gasteiger partial charge >= 0.3 is 0 Å². The molecule has 164 valence electrons. The molecule has 1 aromatic carbocycles. The van der Waals surface area contributed by atoms with Crippen molar-refractivity contribution in [1.82, 2.24) is 20.3 Å². The second kappa shape index (κ2) is 9.24. The first-order valence-corrected chi connectivity index (χ1v) is 12.2. The molecule has 5 rings (SSSR count). The van der Waals surface area contributed by atoms with Crippen molar-refractivity contribution in [2.24, 2.45) is 5.92 Å². The van der Waals surface area contributed by atoms with Crippen LogP contribution in [0.15, 0.2) is 24.3 Å². The van der Waals surface area contributed by atoms with E-state index in [4.69, 9.17) is 21.6 Å². The fourth-order valence-electron chi connectivity index (χ4n) is 4.49. The Bertz CT molecular complexity index is 1020. The van der Waals surface area contributed by atoms with Crippen LogP contribution >= 0.6 is 22.9 Å². The number of hydrogen-bond acceptors (Lipinski definition) is 8. The van der Waals surface area contributed by atoms with Crippen LogP contribution in [0, 0.1) is 5.92 Å². The number of aromatic nitrogens is 3. The summed E-state index contributed by atoms with van der Waals surface area (Å²) in [5.41, 5.74) is 1.70. The van der Waals surface area contributed by atoms with Crippen molar-refractivity contribution in [1.29, 1.82) is 0 Å². The Morgan fingerprint density at radius 1 is 1.03 bits per heavy atom. The maximum Gasteiger partial charge on any atom is 0.226 e. The number of piperidine rings is 1. The van der Waals surface area contributed by atoms with E-state index in [1.54, 1.807) is 11.3 Å². The molecule has 3 heterocycles. The summed E-state index contributed by atoms with van der Waals surface area (Å²) in [7, 11) is 0. The van der Waals surface area contributed by atoms with Gasteiger partial charge in [0.05, 0.1) is 15.8 Å². The van der Waals surface area contributed by atoms with Crippen molar-refractivity contribution in [3.05, 3.63) is 29.4 Å². The van der Waals surface area contributed by atoms with E-state index in [-0.39, 0.29) is 12.6 Å². The number of aliphatic hydroxyl groups excluding tert-OH is 1. The fourth-order valence-corrected chi connectivity index (χ4v) is 5.81. The first kappa shape index (κ1) is 20.9. The molecular formula is C22H27ClN6OS. The summed E-state index contributed by atoms with van der Waals surface area (Å²) in [5.74, 6) is 1.62. The lowest BCUT2D eigenvalue weighted by Gasteiger charge is -2.24. The van der Waals surface area contributed by atoms with Gasteiger partial charge in [-0.15, -0.1) is 11.3 Å². The zero-order chi connectivity index (χ0) is 21.2. The summed E-state index contributed by atoms with van der Waals surface area (Å²) in [6.07, 6.45) is 5.01. The Morgan fingerprint density at radius 3 is 2.65 bits per heavy atom. The summed E-state index contributed by atoms with van der Waals surface area (Å²) in [5, 5.41) is 21.2. The molecule has 0 bridgehead atoms. The van der Waals surface area contributed by atoms with E-state index in [1.807, 2.05) is 18.2 Å². The lowest BCUT2D eigenvalue weighted by atomic mass is 10.1. The molecule has 3 aromatic rings. The minimum Gasteiger partial charge on any atom is -0.396 e. The van der Waals surface area contributed by atoms with Crippen LogP contribution in [0.1, 0.15) is 32.1 Å². The number of nitrogens with one attached hydrogen (secondary N) is 3. The number of anilines is 2.